The first-order valence-electron chi connectivity index (χ1n) is 6.45. The number of pyridine rings is 1. The summed E-state index contributed by atoms with van der Waals surface area (Å²) >= 11 is 11.6. The minimum absolute atomic E-state index is 0.183. The first kappa shape index (κ1) is 15.5. The third kappa shape index (κ3) is 3.82. The Morgan fingerprint density at radius 1 is 1.45 bits per heavy atom. The van der Waals surface area contributed by atoms with Crippen molar-refractivity contribution >= 4 is 29.1 Å². The summed E-state index contributed by atoms with van der Waals surface area (Å²) in [4.78, 5) is 20.4. The van der Waals surface area contributed by atoms with Crippen LogP contribution in [0.5, 0.6) is 0 Å². The monoisotopic (exact) mass is 316 g/mol. The molecule has 0 saturated carbocycles. The predicted octanol–water partition coefficient (Wildman–Crippen LogP) is 1.36. The summed E-state index contributed by atoms with van der Waals surface area (Å²) in [6, 6.07) is 1.84. The highest BCUT2D eigenvalue weighted by atomic mass is 35.5. The second-order valence-corrected chi connectivity index (χ2v) is 5.87. The lowest BCUT2D eigenvalue weighted by atomic mass is 10.2. The number of aromatic nitrogens is 1. The van der Waals surface area contributed by atoms with Crippen LogP contribution in [0.1, 0.15) is 10.4 Å². The summed E-state index contributed by atoms with van der Waals surface area (Å²) in [7, 11) is 4.16. The van der Waals surface area contributed by atoms with Crippen molar-refractivity contribution in [2.75, 3.05) is 40.3 Å². The first-order chi connectivity index (χ1) is 9.47. The minimum Gasteiger partial charge on any atom is -0.350 e. The number of piperazine rings is 1. The fourth-order valence-corrected chi connectivity index (χ4v) is 2.45. The Kier molecular flexibility index (Phi) is 5.21. The number of nitrogens with zero attached hydrogens (tertiary/aromatic N) is 3. The van der Waals surface area contributed by atoms with Gasteiger partial charge in [-0.1, -0.05) is 23.2 Å². The molecule has 1 aromatic rings. The number of nitrogens with one attached hydrogen (secondary N) is 1. The fraction of sp³-hybridized carbons (Fsp3) is 0.538. The molecule has 2 heterocycles. The molecule has 1 fully saturated rings. The molecule has 7 heteroatoms. The van der Waals surface area contributed by atoms with E-state index in [0.717, 1.165) is 19.6 Å². The van der Waals surface area contributed by atoms with Crippen LogP contribution in [0.15, 0.2) is 12.3 Å². The second kappa shape index (κ2) is 6.72. The quantitative estimate of drug-likeness (QED) is 0.856. The molecule has 1 aromatic heterocycles. The smallest absolute Gasteiger partial charge is 0.252 e. The van der Waals surface area contributed by atoms with E-state index in [9.17, 15) is 4.79 Å². The van der Waals surface area contributed by atoms with E-state index >= 15 is 0 Å². The zero-order valence-corrected chi connectivity index (χ0v) is 13.1. The van der Waals surface area contributed by atoms with Crippen LogP contribution in [0.3, 0.4) is 0 Å². The zero-order chi connectivity index (χ0) is 14.7. The molecule has 1 aliphatic heterocycles. The molecule has 5 nitrogen and oxygen atoms in total. The Hall–Kier alpha value is -0.880. The normalized spacial score (nSPS) is 20.9. The number of hydrogen-bond donors (Lipinski definition) is 1. The largest absolute Gasteiger partial charge is 0.350 e. The van der Waals surface area contributed by atoms with Crippen molar-refractivity contribution in [2.24, 2.45) is 0 Å². The number of carbonyl (C=O) groups excluding carboxylic acids is 1. The van der Waals surface area contributed by atoms with E-state index in [0.29, 0.717) is 18.2 Å². The van der Waals surface area contributed by atoms with Gasteiger partial charge in [0.25, 0.3) is 5.91 Å². The first-order valence-corrected chi connectivity index (χ1v) is 7.21. The van der Waals surface area contributed by atoms with Crippen molar-refractivity contribution in [1.82, 2.24) is 20.1 Å². The number of likely N-dealkylation sites (N-methyl/N-ethyl adjacent to an activating group) is 2. The molecule has 1 unspecified atom stereocenters. The molecule has 0 aromatic carbocycles. The molecule has 110 valence electrons. The number of amides is 1. The Balaban J connectivity index is 1.92. The maximum absolute atomic E-state index is 12.1. The van der Waals surface area contributed by atoms with Crippen LogP contribution in [-0.4, -0.2) is 67.0 Å². The third-order valence-electron chi connectivity index (χ3n) is 3.54. The summed E-state index contributed by atoms with van der Waals surface area (Å²) in [6.45, 7) is 3.60. The van der Waals surface area contributed by atoms with Gasteiger partial charge in [0, 0.05) is 38.4 Å². The maximum Gasteiger partial charge on any atom is 0.252 e. The van der Waals surface area contributed by atoms with Crippen LogP contribution < -0.4 is 5.32 Å². The standard InChI is InChI=1S/C13H18Cl2N4O/c1-18-3-4-19(2)10(8-18)7-17-13(20)9-5-11(14)12(15)16-6-9/h5-6,10H,3-4,7-8H2,1-2H3,(H,17,20). The number of carbonyl (C=O) groups is 1. The zero-order valence-electron chi connectivity index (χ0n) is 11.6. The Morgan fingerprint density at radius 2 is 2.20 bits per heavy atom. The van der Waals surface area contributed by atoms with Gasteiger partial charge in [-0.3, -0.25) is 9.69 Å². The average molecular weight is 317 g/mol. The predicted molar refractivity (Wildman–Crippen MR) is 80.5 cm³/mol. The van der Waals surface area contributed by atoms with Gasteiger partial charge in [-0.2, -0.15) is 0 Å². The Labute approximate surface area is 128 Å². The lowest BCUT2D eigenvalue weighted by molar-refractivity contribution is 0.0881. The summed E-state index contributed by atoms with van der Waals surface area (Å²) < 4.78 is 0. The van der Waals surface area contributed by atoms with Crippen LogP contribution in [0.2, 0.25) is 10.2 Å². The van der Waals surface area contributed by atoms with Gasteiger partial charge in [-0.15, -0.1) is 0 Å². The van der Waals surface area contributed by atoms with Crippen molar-refractivity contribution < 1.29 is 4.79 Å². The van der Waals surface area contributed by atoms with E-state index < -0.39 is 0 Å². The van der Waals surface area contributed by atoms with E-state index in [1.807, 2.05) is 0 Å². The molecule has 1 atom stereocenters. The Bertz CT molecular complexity index is 497. The minimum atomic E-state index is -0.183. The molecule has 0 aliphatic carbocycles. The van der Waals surface area contributed by atoms with E-state index in [1.54, 1.807) is 0 Å². The van der Waals surface area contributed by atoms with Gasteiger partial charge in [0.1, 0.15) is 5.15 Å². The number of rotatable bonds is 3. The van der Waals surface area contributed by atoms with E-state index in [1.165, 1.54) is 12.3 Å². The molecular weight excluding hydrogens is 299 g/mol. The van der Waals surface area contributed by atoms with Crippen LogP contribution in [0.4, 0.5) is 0 Å². The van der Waals surface area contributed by atoms with Crippen LogP contribution in [-0.2, 0) is 0 Å². The molecule has 20 heavy (non-hydrogen) atoms. The lowest BCUT2D eigenvalue weighted by Crippen LogP contribution is -2.54. The van der Waals surface area contributed by atoms with Crippen molar-refractivity contribution in [3.8, 4) is 0 Å². The van der Waals surface area contributed by atoms with Crippen molar-refractivity contribution in [3.05, 3.63) is 28.0 Å². The van der Waals surface area contributed by atoms with Gasteiger partial charge in [-0.25, -0.2) is 4.98 Å². The highest BCUT2D eigenvalue weighted by molar-refractivity contribution is 6.41. The molecular formula is C13H18Cl2N4O. The van der Waals surface area contributed by atoms with Crippen LogP contribution in [0.25, 0.3) is 0 Å². The van der Waals surface area contributed by atoms with E-state index in [-0.39, 0.29) is 16.1 Å². The van der Waals surface area contributed by atoms with Gasteiger partial charge in [0.15, 0.2) is 0 Å². The summed E-state index contributed by atoms with van der Waals surface area (Å²) in [5.41, 5.74) is 0.422. The van der Waals surface area contributed by atoms with Gasteiger partial charge < -0.3 is 10.2 Å². The van der Waals surface area contributed by atoms with Gasteiger partial charge in [-0.05, 0) is 20.2 Å². The number of hydrogen-bond acceptors (Lipinski definition) is 4. The molecule has 0 radical (unpaired) electrons. The maximum atomic E-state index is 12.1. The SMILES string of the molecule is CN1CCN(C)C(CNC(=O)c2cnc(Cl)c(Cl)c2)C1. The third-order valence-corrected chi connectivity index (χ3v) is 4.22. The molecule has 1 amide bonds. The van der Waals surface area contributed by atoms with Crippen LogP contribution >= 0.6 is 23.2 Å². The fourth-order valence-electron chi connectivity index (χ4n) is 2.18. The average Bonchev–Trinajstić information content (AvgIpc) is 2.42. The summed E-state index contributed by atoms with van der Waals surface area (Å²) in [5, 5.41) is 3.41. The van der Waals surface area contributed by atoms with Crippen molar-refractivity contribution in [2.45, 2.75) is 6.04 Å². The molecule has 1 aliphatic rings. The summed E-state index contributed by atoms with van der Waals surface area (Å²) in [6.07, 6.45) is 1.43. The molecule has 1 saturated heterocycles. The van der Waals surface area contributed by atoms with Crippen molar-refractivity contribution in [1.29, 1.82) is 0 Å². The van der Waals surface area contributed by atoms with Gasteiger partial charge >= 0.3 is 0 Å². The second-order valence-electron chi connectivity index (χ2n) is 5.10. The number of halogens is 2. The lowest BCUT2D eigenvalue weighted by Gasteiger charge is -2.37. The van der Waals surface area contributed by atoms with E-state index in [4.69, 9.17) is 23.2 Å². The molecule has 0 spiro atoms. The van der Waals surface area contributed by atoms with Gasteiger partial charge in [0.2, 0.25) is 0 Å². The molecule has 0 bridgehead atoms. The van der Waals surface area contributed by atoms with Crippen molar-refractivity contribution in [3.63, 3.8) is 0 Å². The van der Waals surface area contributed by atoms with E-state index in [2.05, 4.69) is 34.2 Å². The molecule has 1 N–H and O–H groups in total. The highest BCUT2D eigenvalue weighted by Crippen LogP contribution is 2.19. The molecule has 2 rings (SSSR count). The Morgan fingerprint density at radius 3 is 2.90 bits per heavy atom. The summed E-state index contributed by atoms with van der Waals surface area (Å²) in [5.74, 6) is -0.183. The highest BCUT2D eigenvalue weighted by Gasteiger charge is 2.22. The van der Waals surface area contributed by atoms with Gasteiger partial charge in [0.05, 0.1) is 10.6 Å². The van der Waals surface area contributed by atoms with Crippen LogP contribution in [0, 0.1) is 0 Å². The topological polar surface area (TPSA) is 48.5 Å².